The van der Waals surface area contributed by atoms with Crippen LogP contribution in [-0.2, 0) is 0 Å². The van der Waals surface area contributed by atoms with Crippen LogP contribution in [0.25, 0.3) is 17.2 Å². The van der Waals surface area contributed by atoms with Crippen LogP contribution in [0.15, 0.2) is 49.0 Å². The fourth-order valence-electron chi connectivity index (χ4n) is 1.81. The van der Waals surface area contributed by atoms with Crippen LogP contribution < -0.4 is 4.74 Å². The van der Waals surface area contributed by atoms with Gasteiger partial charge in [0.25, 0.3) is 0 Å². The average molecular weight is 228 g/mol. The van der Waals surface area contributed by atoms with Gasteiger partial charge in [0.05, 0.1) is 7.11 Å². The molecule has 17 heavy (non-hydrogen) atoms. The van der Waals surface area contributed by atoms with E-state index in [4.69, 9.17) is 4.74 Å². The Labute approximate surface area is 100 Å². The molecule has 0 aliphatic rings. The van der Waals surface area contributed by atoms with E-state index in [-0.39, 0.29) is 5.82 Å². The second kappa shape index (κ2) is 4.83. The SMILES string of the molecule is C=Cc1ccccc1-c1ccc(F)cc1OC. The molecule has 0 N–H and O–H groups in total. The zero-order valence-corrected chi connectivity index (χ0v) is 9.61. The number of rotatable bonds is 3. The molecule has 0 aliphatic heterocycles. The lowest BCUT2D eigenvalue weighted by Gasteiger charge is -2.11. The maximum absolute atomic E-state index is 13.1. The first-order chi connectivity index (χ1) is 8.26. The monoisotopic (exact) mass is 228 g/mol. The maximum Gasteiger partial charge on any atom is 0.129 e. The van der Waals surface area contributed by atoms with E-state index in [9.17, 15) is 4.39 Å². The van der Waals surface area contributed by atoms with Crippen molar-refractivity contribution in [1.29, 1.82) is 0 Å². The van der Waals surface area contributed by atoms with Gasteiger partial charge in [0.15, 0.2) is 0 Å². The summed E-state index contributed by atoms with van der Waals surface area (Å²) in [5.74, 6) is 0.223. The third-order valence-electron chi connectivity index (χ3n) is 2.63. The van der Waals surface area contributed by atoms with Gasteiger partial charge >= 0.3 is 0 Å². The minimum absolute atomic E-state index is 0.304. The van der Waals surface area contributed by atoms with Crippen LogP contribution in [0.1, 0.15) is 5.56 Å². The molecule has 0 aliphatic carbocycles. The Morgan fingerprint density at radius 2 is 1.88 bits per heavy atom. The van der Waals surface area contributed by atoms with Crippen LogP contribution in [-0.4, -0.2) is 7.11 Å². The molecule has 0 radical (unpaired) electrons. The van der Waals surface area contributed by atoms with E-state index >= 15 is 0 Å². The third-order valence-corrected chi connectivity index (χ3v) is 2.63. The van der Waals surface area contributed by atoms with E-state index in [1.54, 1.807) is 12.1 Å². The molecule has 0 saturated carbocycles. The molecular weight excluding hydrogens is 215 g/mol. The lowest BCUT2D eigenvalue weighted by atomic mass is 9.99. The molecule has 0 bridgehead atoms. The molecule has 2 aromatic carbocycles. The van der Waals surface area contributed by atoms with Gasteiger partial charge in [-0.3, -0.25) is 0 Å². The van der Waals surface area contributed by atoms with E-state index in [1.165, 1.54) is 19.2 Å². The highest BCUT2D eigenvalue weighted by Gasteiger charge is 2.09. The van der Waals surface area contributed by atoms with Gasteiger partial charge in [0, 0.05) is 11.6 Å². The van der Waals surface area contributed by atoms with E-state index in [1.807, 2.05) is 24.3 Å². The molecule has 0 heterocycles. The Kier molecular flexibility index (Phi) is 3.24. The predicted molar refractivity (Wildman–Crippen MR) is 68.5 cm³/mol. The Morgan fingerprint density at radius 1 is 1.12 bits per heavy atom. The molecule has 0 unspecified atom stereocenters. The lowest BCUT2D eigenvalue weighted by molar-refractivity contribution is 0.413. The number of halogens is 1. The molecule has 0 atom stereocenters. The zero-order valence-electron chi connectivity index (χ0n) is 9.61. The molecule has 2 aromatic rings. The van der Waals surface area contributed by atoms with Crippen LogP contribution in [0.2, 0.25) is 0 Å². The largest absolute Gasteiger partial charge is 0.496 e. The second-order valence-corrected chi connectivity index (χ2v) is 3.64. The molecule has 1 nitrogen and oxygen atoms in total. The summed E-state index contributed by atoms with van der Waals surface area (Å²) in [4.78, 5) is 0. The topological polar surface area (TPSA) is 9.23 Å². The molecule has 86 valence electrons. The maximum atomic E-state index is 13.1. The Balaban J connectivity index is 2.63. The van der Waals surface area contributed by atoms with Gasteiger partial charge in [-0.15, -0.1) is 0 Å². The number of hydrogen-bond donors (Lipinski definition) is 0. The first kappa shape index (κ1) is 11.4. The van der Waals surface area contributed by atoms with Crippen molar-refractivity contribution >= 4 is 6.08 Å². The van der Waals surface area contributed by atoms with Gasteiger partial charge in [-0.25, -0.2) is 4.39 Å². The molecule has 2 rings (SSSR count). The van der Waals surface area contributed by atoms with E-state index in [2.05, 4.69) is 6.58 Å². The van der Waals surface area contributed by atoms with Gasteiger partial charge in [0.2, 0.25) is 0 Å². The van der Waals surface area contributed by atoms with Crippen LogP contribution >= 0.6 is 0 Å². The van der Waals surface area contributed by atoms with Crippen LogP contribution in [0.4, 0.5) is 4.39 Å². The summed E-state index contributed by atoms with van der Waals surface area (Å²) in [5, 5.41) is 0. The van der Waals surface area contributed by atoms with Gasteiger partial charge in [-0.05, 0) is 23.3 Å². The van der Waals surface area contributed by atoms with E-state index in [0.717, 1.165) is 16.7 Å². The van der Waals surface area contributed by atoms with Crippen LogP contribution in [0.5, 0.6) is 5.75 Å². The number of methoxy groups -OCH3 is 1. The number of benzene rings is 2. The highest BCUT2D eigenvalue weighted by molar-refractivity contribution is 5.78. The third kappa shape index (κ3) is 2.21. The standard InChI is InChI=1S/C15H13FO/c1-3-11-6-4-5-7-13(11)14-9-8-12(16)10-15(14)17-2/h3-10H,1H2,2H3. The average Bonchev–Trinajstić information content (AvgIpc) is 2.38. The number of ether oxygens (including phenoxy) is 1. The zero-order chi connectivity index (χ0) is 12.3. The van der Waals surface area contributed by atoms with Crippen molar-refractivity contribution in [3.8, 4) is 16.9 Å². The minimum atomic E-state index is -0.304. The smallest absolute Gasteiger partial charge is 0.129 e. The quantitative estimate of drug-likeness (QED) is 0.767. The summed E-state index contributed by atoms with van der Waals surface area (Å²) in [6.45, 7) is 3.78. The summed E-state index contributed by atoms with van der Waals surface area (Å²) >= 11 is 0. The fourth-order valence-corrected chi connectivity index (χ4v) is 1.81. The van der Waals surface area contributed by atoms with Crippen molar-refractivity contribution in [2.75, 3.05) is 7.11 Å². The second-order valence-electron chi connectivity index (χ2n) is 3.64. The molecule has 0 aromatic heterocycles. The summed E-state index contributed by atoms with van der Waals surface area (Å²) in [7, 11) is 1.54. The highest BCUT2D eigenvalue weighted by atomic mass is 19.1. The van der Waals surface area contributed by atoms with E-state index < -0.39 is 0 Å². The van der Waals surface area contributed by atoms with Crippen molar-refractivity contribution in [3.63, 3.8) is 0 Å². The summed E-state index contributed by atoms with van der Waals surface area (Å²) in [6.07, 6.45) is 1.78. The van der Waals surface area contributed by atoms with Crippen LogP contribution in [0.3, 0.4) is 0 Å². The van der Waals surface area contributed by atoms with Gasteiger partial charge in [0.1, 0.15) is 11.6 Å². The fraction of sp³-hybridized carbons (Fsp3) is 0.0667. The molecule has 0 spiro atoms. The first-order valence-corrected chi connectivity index (χ1v) is 5.31. The number of hydrogen-bond acceptors (Lipinski definition) is 1. The van der Waals surface area contributed by atoms with Crippen molar-refractivity contribution in [2.45, 2.75) is 0 Å². The Hall–Kier alpha value is -2.09. The predicted octanol–water partition coefficient (Wildman–Crippen LogP) is 4.14. The summed E-state index contributed by atoms with van der Waals surface area (Å²) in [6, 6.07) is 12.3. The van der Waals surface area contributed by atoms with Gasteiger partial charge in [-0.2, -0.15) is 0 Å². The molecule has 0 amide bonds. The Bertz CT molecular complexity index is 546. The van der Waals surface area contributed by atoms with Crippen molar-refractivity contribution in [1.82, 2.24) is 0 Å². The van der Waals surface area contributed by atoms with Gasteiger partial charge in [-0.1, -0.05) is 36.9 Å². The van der Waals surface area contributed by atoms with Crippen molar-refractivity contribution < 1.29 is 9.13 Å². The van der Waals surface area contributed by atoms with Crippen LogP contribution in [0, 0.1) is 5.82 Å². The van der Waals surface area contributed by atoms with Crippen molar-refractivity contribution in [2.24, 2.45) is 0 Å². The molecule has 0 fully saturated rings. The lowest BCUT2D eigenvalue weighted by Crippen LogP contribution is -1.90. The summed E-state index contributed by atoms with van der Waals surface area (Å²) < 4.78 is 18.3. The normalized spacial score (nSPS) is 10.0. The first-order valence-electron chi connectivity index (χ1n) is 5.31. The van der Waals surface area contributed by atoms with E-state index in [0.29, 0.717) is 5.75 Å². The molecule has 0 saturated heterocycles. The molecule has 2 heteroatoms. The van der Waals surface area contributed by atoms with Gasteiger partial charge < -0.3 is 4.74 Å². The minimum Gasteiger partial charge on any atom is -0.496 e. The molecular formula is C15H13FO. The Morgan fingerprint density at radius 3 is 2.59 bits per heavy atom. The van der Waals surface area contributed by atoms with Crippen molar-refractivity contribution in [3.05, 3.63) is 60.4 Å². The highest BCUT2D eigenvalue weighted by Crippen LogP contribution is 2.33. The summed E-state index contributed by atoms with van der Waals surface area (Å²) in [5.41, 5.74) is 2.85.